The Bertz CT molecular complexity index is 586. The number of rotatable bonds is 10. The highest BCUT2D eigenvalue weighted by atomic mass is 35.5. The Labute approximate surface area is 152 Å². The summed E-state index contributed by atoms with van der Waals surface area (Å²) < 4.78 is 4.84. The van der Waals surface area contributed by atoms with Crippen LogP contribution in [0.4, 0.5) is 0 Å². The van der Waals surface area contributed by atoms with Crippen LogP contribution < -0.4 is 0 Å². The zero-order valence-electron chi connectivity index (χ0n) is 14.5. The molecule has 7 heteroatoms. The first-order valence-electron chi connectivity index (χ1n) is 8.23. The predicted molar refractivity (Wildman–Crippen MR) is 94.5 cm³/mol. The van der Waals surface area contributed by atoms with Crippen molar-refractivity contribution in [1.82, 2.24) is 4.90 Å². The minimum atomic E-state index is -0.724. The zero-order valence-corrected chi connectivity index (χ0v) is 15.3. The predicted octanol–water partition coefficient (Wildman–Crippen LogP) is 2.47. The third-order valence-electron chi connectivity index (χ3n) is 3.46. The molecule has 1 rings (SSSR count). The minimum absolute atomic E-state index is 0.0109. The molecule has 0 saturated heterocycles. The third-order valence-corrected chi connectivity index (χ3v) is 3.71. The van der Waals surface area contributed by atoms with Crippen molar-refractivity contribution in [1.29, 1.82) is 0 Å². The van der Waals surface area contributed by atoms with Crippen molar-refractivity contribution in [3.05, 3.63) is 34.9 Å². The number of ether oxygens (including phenoxy) is 1. The summed E-state index contributed by atoms with van der Waals surface area (Å²) >= 11 is 5.78. The Morgan fingerprint density at radius 1 is 1.16 bits per heavy atom. The fraction of sp³-hybridized carbons (Fsp3) is 0.500. The van der Waals surface area contributed by atoms with Gasteiger partial charge in [0.25, 0.3) is 0 Å². The van der Waals surface area contributed by atoms with E-state index < -0.39 is 12.1 Å². The lowest BCUT2D eigenvalue weighted by Crippen LogP contribution is -2.38. The molecule has 1 amide bonds. The van der Waals surface area contributed by atoms with E-state index >= 15 is 0 Å². The number of hydrogen-bond acceptors (Lipinski definition) is 5. The first kappa shape index (κ1) is 21.1. The van der Waals surface area contributed by atoms with Gasteiger partial charge in [-0.1, -0.05) is 11.6 Å². The normalized spacial score (nSPS) is 11.7. The highest BCUT2D eigenvalue weighted by Gasteiger charge is 2.18. The fourth-order valence-electron chi connectivity index (χ4n) is 2.25. The number of amides is 1. The summed E-state index contributed by atoms with van der Waals surface area (Å²) in [5, 5.41) is 10.1. The number of aliphatic hydroxyl groups excluding tert-OH is 1. The van der Waals surface area contributed by atoms with Crippen LogP contribution >= 0.6 is 11.6 Å². The Morgan fingerprint density at radius 3 is 2.36 bits per heavy atom. The van der Waals surface area contributed by atoms with E-state index in [-0.39, 0.29) is 50.6 Å². The summed E-state index contributed by atoms with van der Waals surface area (Å²) in [5.74, 6) is -0.844. The summed E-state index contributed by atoms with van der Waals surface area (Å²) in [6.07, 6.45) is -0.608. The van der Waals surface area contributed by atoms with Crippen LogP contribution in [0.5, 0.6) is 0 Å². The van der Waals surface area contributed by atoms with Gasteiger partial charge in [-0.3, -0.25) is 14.4 Å². The zero-order chi connectivity index (χ0) is 18.8. The molecule has 0 fully saturated rings. The largest absolute Gasteiger partial charge is 0.466 e. The molecule has 0 aliphatic rings. The molecule has 25 heavy (non-hydrogen) atoms. The molecule has 0 radical (unpaired) electrons. The molecular weight excluding hydrogens is 346 g/mol. The van der Waals surface area contributed by atoms with Gasteiger partial charge in [0.05, 0.1) is 19.1 Å². The van der Waals surface area contributed by atoms with E-state index in [9.17, 15) is 19.5 Å². The van der Waals surface area contributed by atoms with Crippen molar-refractivity contribution >= 4 is 29.3 Å². The lowest BCUT2D eigenvalue weighted by molar-refractivity contribution is -0.144. The smallest absolute Gasteiger partial charge is 0.307 e. The van der Waals surface area contributed by atoms with Crippen molar-refractivity contribution in [2.75, 3.05) is 19.7 Å². The average Bonchev–Trinajstić information content (AvgIpc) is 2.56. The number of nitrogens with zero attached hydrogens (tertiary/aromatic N) is 1. The molecule has 1 atom stereocenters. The van der Waals surface area contributed by atoms with Gasteiger partial charge in [-0.15, -0.1) is 0 Å². The maximum absolute atomic E-state index is 12.3. The van der Waals surface area contributed by atoms with E-state index in [1.807, 2.05) is 0 Å². The first-order valence-corrected chi connectivity index (χ1v) is 8.61. The van der Waals surface area contributed by atoms with Crippen LogP contribution in [0.1, 0.15) is 43.5 Å². The van der Waals surface area contributed by atoms with Crippen LogP contribution in [0.3, 0.4) is 0 Å². The number of carbonyl (C=O) groups excluding carboxylic acids is 3. The quantitative estimate of drug-likeness (QED) is 0.506. The molecular formula is C18H24ClNO5. The van der Waals surface area contributed by atoms with Gasteiger partial charge < -0.3 is 14.7 Å². The number of benzene rings is 1. The van der Waals surface area contributed by atoms with Crippen molar-refractivity contribution < 1.29 is 24.2 Å². The number of ketones is 1. The third kappa shape index (κ3) is 8.14. The second kappa shape index (κ2) is 10.8. The molecule has 1 aromatic rings. The van der Waals surface area contributed by atoms with Crippen molar-refractivity contribution in [2.45, 2.75) is 39.2 Å². The Hall–Kier alpha value is -1.92. The van der Waals surface area contributed by atoms with Crippen LogP contribution in [0, 0.1) is 0 Å². The minimum Gasteiger partial charge on any atom is -0.466 e. The summed E-state index contributed by atoms with van der Waals surface area (Å²) in [4.78, 5) is 37.3. The maximum Gasteiger partial charge on any atom is 0.307 e. The SMILES string of the molecule is CCOC(=O)CCN(CC(C)O)C(=O)CCC(=O)c1ccc(Cl)cc1. The molecule has 1 unspecified atom stereocenters. The van der Waals surface area contributed by atoms with Gasteiger partial charge >= 0.3 is 5.97 Å². The molecule has 6 nitrogen and oxygen atoms in total. The van der Waals surface area contributed by atoms with E-state index in [0.29, 0.717) is 10.6 Å². The second-order valence-corrected chi connectivity index (χ2v) is 6.11. The topological polar surface area (TPSA) is 83.9 Å². The lowest BCUT2D eigenvalue weighted by atomic mass is 10.1. The standard InChI is InChI=1S/C18H24ClNO5/c1-3-25-18(24)10-11-20(12-13(2)21)17(23)9-8-16(22)14-4-6-15(19)7-5-14/h4-7,13,21H,3,8-12H2,1-2H3. The highest BCUT2D eigenvalue weighted by molar-refractivity contribution is 6.30. The Balaban J connectivity index is 2.57. The van der Waals surface area contributed by atoms with Crippen LogP contribution in [0.15, 0.2) is 24.3 Å². The van der Waals surface area contributed by atoms with E-state index in [0.717, 1.165) is 0 Å². The Kier molecular flexibility index (Phi) is 9.16. The van der Waals surface area contributed by atoms with Gasteiger partial charge in [-0.2, -0.15) is 0 Å². The Morgan fingerprint density at radius 2 is 1.80 bits per heavy atom. The number of Topliss-reactive ketones (excluding diaryl/α,β-unsaturated/α-hetero) is 1. The van der Waals surface area contributed by atoms with E-state index in [1.54, 1.807) is 38.1 Å². The summed E-state index contributed by atoms with van der Waals surface area (Å²) in [5.41, 5.74) is 0.491. The maximum atomic E-state index is 12.3. The fourth-order valence-corrected chi connectivity index (χ4v) is 2.38. The number of hydrogen-bond donors (Lipinski definition) is 1. The number of carbonyl (C=O) groups is 3. The van der Waals surface area contributed by atoms with Crippen LogP contribution in [-0.4, -0.2) is 53.5 Å². The molecule has 0 saturated carbocycles. The summed E-state index contributed by atoms with van der Waals surface area (Å²) in [6, 6.07) is 6.47. The van der Waals surface area contributed by atoms with Crippen LogP contribution in [-0.2, 0) is 14.3 Å². The monoisotopic (exact) mass is 369 g/mol. The van der Waals surface area contributed by atoms with E-state index in [2.05, 4.69) is 0 Å². The molecule has 0 aliphatic carbocycles. The van der Waals surface area contributed by atoms with E-state index in [1.165, 1.54) is 4.90 Å². The molecule has 0 bridgehead atoms. The summed E-state index contributed by atoms with van der Waals surface area (Å²) in [6.45, 7) is 3.80. The van der Waals surface area contributed by atoms with Gasteiger partial charge in [0.2, 0.25) is 5.91 Å². The highest BCUT2D eigenvalue weighted by Crippen LogP contribution is 2.12. The van der Waals surface area contributed by atoms with Gasteiger partial charge in [-0.05, 0) is 38.1 Å². The molecule has 0 aromatic heterocycles. The van der Waals surface area contributed by atoms with Gasteiger partial charge in [0.15, 0.2) is 5.78 Å². The summed E-state index contributed by atoms with van der Waals surface area (Å²) in [7, 11) is 0. The van der Waals surface area contributed by atoms with Crippen molar-refractivity contribution in [2.24, 2.45) is 0 Å². The molecule has 1 aromatic carbocycles. The van der Waals surface area contributed by atoms with Gasteiger partial charge in [0.1, 0.15) is 0 Å². The lowest BCUT2D eigenvalue weighted by Gasteiger charge is -2.23. The van der Waals surface area contributed by atoms with Crippen molar-refractivity contribution in [3.8, 4) is 0 Å². The first-order chi connectivity index (χ1) is 11.8. The molecule has 0 spiro atoms. The number of esters is 1. The van der Waals surface area contributed by atoms with Gasteiger partial charge in [-0.25, -0.2) is 0 Å². The average molecular weight is 370 g/mol. The van der Waals surface area contributed by atoms with Crippen molar-refractivity contribution in [3.63, 3.8) is 0 Å². The second-order valence-electron chi connectivity index (χ2n) is 5.67. The molecule has 0 aliphatic heterocycles. The van der Waals surface area contributed by atoms with Crippen LogP contribution in [0.25, 0.3) is 0 Å². The number of halogens is 1. The van der Waals surface area contributed by atoms with E-state index in [4.69, 9.17) is 16.3 Å². The number of aliphatic hydroxyl groups is 1. The van der Waals surface area contributed by atoms with Crippen LogP contribution in [0.2, 0.25) is 5.02 Å². The van der Waals surface area contributed by atoms with Gasteiger partial charge in [0, 0.05) is 36.5 Å². The molecule has 1 N–H and O–H groups in total. The molecule has 138 valence electrons. The molecule has 0 heterocycles.